The van der Waals surface area contributed by atoms with E-state index in [2.05, 4.69) is 0 Å². The molecule has 1 aromatic rings. The Morgan fingerprint density at radius 1 is 1.47 bits per heavy atom. The van der Waals surface area contributed by atoms with Crippen LogP contribution in [-0.2, 0) is 6.42 Å². The lowest BCUT2D eigenvalue weighted by Gasteiger charge is -2.10. The largest absolute Gasteiger partial charge is 0.497 e. The first-order valence-corrected chi connectivity index (χ1v) is 5.17. The Morgan fingerprint density at radius 2 is 2.20 bits per heavy atom. The summed E-state index contributed by atoms with van der Waals surface area (Å²) < 4.78 is 18.3. The maximum Gasteiger partial charge on any atom is 0.130 e. The highest BCUT2D eigenvalue weighted by Crippen LogP contribution is 2.18. The predicted octanol–water partition coefficient (Wildman–Crippen LogP) is 2.54. The second-order valence-corrected chi connectivity index (χ2v) is 3.60. The fourth-order valence-corrected chi connectivity index (χ4v) is 1.51. The van der Waals surface area contributed by atoms with Crippen LogP contribution in [-0.4, -0.2) is 18.3 Å². The van der Waals surface area contributed by atoms with Gasteiger partial charge in [0.15, 0.2) is 0 Å². The van der Waals surface area contributed by atoms with Crippen molar-refractivity contribution in [1.82, 2.24) is 0 Å². The number of aliphatic hydroxyl groups excluding tert-OH is 1. The lowest BCUT2D eigenvalue weighted by atomic mass is 10.0. The number of hydrogen-bond acceptors (Lipinski definition) is 2. The van der Waals surface area contributed by atoms with Crippen molar-refractivity contribution in [2.24, 2.45) is 0 Å². The second-order valence-electron chi connectivity index (χ2n) is 3.60. The van der Waals surface area contributed by atoms with E-state index >= 15 is 0 Å². The molecule has 15 heavy (non-hydrogen) atoms. The molecule has 1 rings (SSSR count). The van der Waals surface area contributed by atoms with E-state index in [0.717, 1.165) is 6.42 Å². The lowest BCUT2D eigenvalue weighted by Crippen LogP contribution is -2.10. The molecule has 1 unspecified atom stereocenters. The monoisotopic (exact) mass is 212 g/mol. The number of methoxy groups -OCH3 is 1. The minimum atomic E-state index is -0.460. The molecule has 0 saturated carbocycles. The summed E-state index contributed by atoms with van der Waals surface area (Å²) in [5.74, 6) is 0.186. The fraction of sp³-hybridized carbons (Fsp3) is 0.500. The molecule has 0 aliphatic rings. The van der Waals surface area contributed by atoms with Crippen molar-refractivity contribution < 1.29 is 14.2 Å². The number of benzene rings is 1. The molecule has 0 radical (unpaired) electrons. The van der Waals surface area contributed by atoms with Crippen LogP contribution in [0.15, 0.2) is 18.2 Å². The van der Waals surface area contributed by atoms with E-state index in [1.807, 2.05) is 6.92 Å². The summed E-state index contributed by atoms with van der Waals surface area (Å²) in [5, 5.41) is 9.56. The molecule has 1 aromatic carbocycles. The molecule has 0 amide bonds. The topological polar surface area (TPSA) is 29.5 Å². The Labute approximate surface area is 89.7 Å². The average molecular weight is 212 g/mol. The standard InChI is InChI=1S/C12H17FO2/c1-3-4-10(14)7-9-5-6-11(15-2)8-12(9)13/h5-6,8,10,14H,3-4,7H2,1-2H3. The van der Waals surface area contributed by atoms with E-state index in [9.17, 15) is 9.50 Å². The first-order chi connectivity index (χ1) is 7.17. The van der Waals surface area contributed by atoms with Crippen LogP contribution in [0, 0.1) is 5.82 Å². The Balaban J connectivity index is 2.69. The van der Waals surface area contributed by atoms with Crippen LogP contribution < -0.4 is 4.74 Å². The van der Waals surface area contributed by atoms with Crippen molar-refractivity contribution in [3.05, 3.63) is 29.6 Å². The number of rotatable bonds is 5. The summed E-state index contributed by atoms with van der Waals surface area (Å²) in [7, 11) is 1.50. The molecule has 0 saturated heterocycles. The van der Waals surface area contributed by atoms with Crippen LogP contribution in [0.3, 0.4) is 0 Å². The maximum atomic E-state index is 13.4. The summed E-state index contributed by atoms with van der Waals surface area (Å²) in [6, 6.07) is 4.71. The van der Waals surface area contributed by atoms with Crippen molar-refractivity contribution in [2.45, 2.75) is 32.3 Å². The highest BCUT2D eigenvalue weighted by molar-refractivity contribution is 5.29. The second kappa shape index (κ2) is 5.71. The molecule has 84 valence electrons. The number of halogens is 1. The fourth-order valence-electron chi connectivity index (χ4n) is 1.51. The summed E-state index contributed by atoms with van der Waals surface area (Å²) in [4.78, 5) is 0. The lowest BCUT2D eigenvalue weighted by molar-refractivity contribution is 0.162. The molecule has 0 fully saturated rings. The van der Waals surface area contributed by atoms with Crippen LogP contribution in [0.25, 0.3) is 0 Å². The van der Waals surface area contributed by atoms with Crippen LogP contribution in [0.1, 0.15) is 25.3 Å². The first kappa shape index (κ1) is 12.0. The molecule has 0 heterocycles. The van der Waals surface area contributed by atoms with Gasteiger partial charge in [0.05, 0.1) is 13.2 Å². The number of aliphatic hydroxyl groups is 1. The summed E-state index contributed by atoms with van der Waals surface area (Å²) in [6.07, 6.45) is 1.51. The minimum Gasteiger partial charge on any atom is -0.497 e. The molecule has 0 aliphatic heterocycles. The smallest absolute Gasteiger partial charge is 0.130 e. The summed E-state index contributed by atoms with van der Waals surface area (Å²) in [5.41, 5.74) is 0.539. The zero-order valence-electron chi connectivity index (χ0n) is 9.16. The van der Waals surface area contributed by atoms with Gasteiger partial charge in [-0.05, 0) is 18.1 Å². The van der Waals surface area contributed by atoms with Gasteiger partial charge in [0.25, 0.3) is 0 Å². The van der Waals surface area contributed by atoms with Crippen molar-refractivity contribution in [3.8, 4) is 5.75 Å². The van der Waals surface area contributed by atoms with Gasteiger partial charge in [0, 0.05) is 12.5 Å². The molecular weight excluding hydrogens is 195 g/mol. The third-order valence-corrected chi connectivity index (χ3v) is 2.34. The maximum absolute atomic E-state index is 13.4. The van der Waals surface area contributed by atoms with Gasteiger partial charge < -0.3 is 9.84 Å². The molecule has 0 spiro atoms. The molecule has 0 aromatic heterocycles. The number of hydrogen-bond donors (Lipinski definition) is 1. The van der Waals surface area contributed by atoms with Gasteiger partial charge in [-0.15, -0.1) is 0 Å². The third kappa shape index (κ3) is 3.51. The molecule has 3 heteroatoms. The highest BCUT2D eigenvalue weighted by atomic mass is 19.1. The predicted molar refractivity (Wildman–Crippen MR) is 57.6 cm³/mol. The Morgan fingerprint density at radius 3 is 2.73 bits per heavy atom. The van der Waals surface area contributed by atoms with Gasteiger partial charge in [0.1, 0.15) is 11.6 Å². The highest BCUT2D eigenvalue weighted by Gasteiger charge is 2.09. The van der Waals surface area contributed by atoms with E-state index in [4.69, 9.17) is 4.74 Å². The van der Waals surface area contributed by atoms with E-state index in [0.29, 0.717) is 24.2 Å². The van der Waals surface area contributed by atoms with E-state index in [1.54, 1.807) is 12.1 Å². The molecular formula is C12H17FO2. The quantitative estimate of drug-likeness (QED) is 0.812. The normalized spacial score (nSPS) is 12.5. The molecule has 2 nitrogen and oxygen atoms in total. The van der Waals surface area contributed by atoms with Crippen LogP contribution in [0.4, 0.5) is 4.39 Å². The zero-order valence-corrected chi connectivity index (χ0v) is 9.16. The van der Waals surface area contributed by atoms with E-state index in [1.165, 1.54) is 13.2 Å². The Kier molecular flexibility index (Phi) is 4.56. The van der Waals surface area contributed by atoms with Crippen LogP contribution in [0.2, 0.25) is 0 Å². The molecule has 1 atom stereocenters. The Hall–Kier alpha value is -1.09. The molecule has 1 N–H and O–H groups in total. The number of ether oxygens (including phenoxy) is 1. The first-order valence-electron chi connectivity index (χ1n) is 5.17. The third-order valence-electron chi connectivity index (χ3n) is 2.34. The van der Waals surface area contributed by atoms with Crippen molar-refractivity contribution >= 4 is 0 Å². The Bertz CT molecular complexity index is 312. The minimum absolute atomic E-state index is 0.315. The van der Waals surface area contributed by atoms with E-state index < -0.39 is 6.10 Å². The van der Waals surface area contributed by atoms with Crippen molar-refractivity contribution in [3.63, 3.8) is 0 Å². The van der Waals surface area contributed by atoms with Crippen LogP contribution in [0.5, 0.6) is 5.75 Å². The molecule has 0 bridgehead atoms. The van der Waals surface area contributed by atoms with Gasteiger partial charge in [-0.2, -0.15) is 0 Å². The summed E-state index contributed by atoms with van der Waals surface area (Å²) in [6.45, 7) is 1.99. The van der Waals surface area contributed by atoms with Crippen LogP contribution >= 0.6 is 0 Å². The zero-order chi connectivity index (χ0) is 11.3. The molecule has 0 aliphatic carbocycles. The average Bonchev–Trinajstić information content (AvgIpc) is 2.21. The van der Waals surface area contributed by atoms with Gasteiger partial charge in [-0.3, -0.25) is 0 Å². The van der Waals surface area contributed by atoms with E-state index in [-0.39, 0.29) is 5.82 Å². The van der Waals surface area contributed by atoms with Gasteiger partial charge in [-0.1, -0.05) is 19.4 Å². The van der Waals surface area contributed by atoms with Gasteiger partial charge >= 0.3 is 0 Å². The van der Waals surface area contributed by atoms with Crippen molar-refractivity contribution in [2.75, 3.05) is 7.11 Å². The van der Waals surface area contributed by atoms with Gasteiger partial charge in [-0.25, -0.2) is 4.39 Å². The SMILES string of the molecule is CCCC(O)Cc1ccc(OC)cc1F. The summed E-state index contributed by atoms with van der Waals surface area (Å²) >= 11 is 0. The van der Waals surface area contributed by atoms with Gasteiger partial charge in [0.2, 0.25) is 0 Å². The van der Waals surface area contributed by atoms with Crippen molar-refractivity contribution in [1.29, 1.82) is 0 Å².